The zero-order valence-electron chi connectivity index (χ0n) is 14.7. The van der Waals surface area contributed by atoms with Crippen LogP contribution in [0.3, 0.4) is 0 Å². The fraction of sp³-hybridized carbons (Fsp3) is 0.250. The molecular formula is C20H22N4O. The van der Waals surface area contributed by atoms with E-state index < -0.39 is 0 Å². The molecule has 0 aliphatic heterocycles. The molecule has 0 fully saturated rings. The summed E-state index contributed by atoms with van der Waals surface area (Å²) in [7, 11) is 0. The number of anilines is 1. The number of hydrogen-bond acceptors (Lipinski definition) is 4. The molecule has 0 amide bonds. The summed E-state index contributed by atoms with van der Waals surface area (Å²) in [5, 5.41) is 4.86. The number of hydrazone groups is 1. The van der Waals surface area contributed by atoms with Crippen LogP contribution in [-0.4, -0.2) is 15.8 Å². The fourth-order valence-electron chi connectivity index (χ4n) is 2.68. The molecule has 1 aromatic heterocycles. The molecule has 25 heavy (non-hydrogen) atoms. The number of hydrogen-bond donors (Lipinski definition) is 1. The number of para-hydroxylation sites is 1. The molecule has 1 heterocycles. The van der Waals surface area contributed by atoms with Crippen LogP contribution in [0.1, 0.15) is 37.8 Å². The normalized spacial score (nSPS) is 11.5. The minimum atomic E-state index is -0.0629. The van der Waals surface area contributed by atoms with Gasteiger partial charge in [0.15, 0.2) is 0 Å². The van der Waals surface area contributed by atoms with Crippen molar-refractivity contribution >= 4 is 23.1 Å². The van der Waals surface area contributed by atoms with Crippen molar-refractivity contribution in [3.63, 3.8) is 0 Å². The summed E-state index contributed by atoms with van der Waals surface area (Å²) in [6.07, 6.45) is 1.73. The lowest BCUT2D eigenvalue weighted by Gasteiger charge is -2.10. The van der Waals surface area contributed by atoms with Crippen LogP contribution >= 0.6 is 0 Å². The van der Waals surface area contributed by atoms with Gasteiger partial charge in [-0.15, -0.1) is 0 Å². The van der Waals surface area contributed by atoms with Crippen LogP contribution in [-0.2, 0) is 6.54 Å². The first-order chi connectivity index (χ1) is 12.1. The average Bonchev–Trinajstić information content (AvgIpc) is 2.62. The molecule has 0 saturated heterocycles. The van der Waals surface area contributed by atoms with Gasteiger partial charge in [-0.1, -0.05) is 50.2 Å². The first kappa shape index (κ1) is 16.9. The van der Waals surface area contributed by atoms with E-state index in [0.29, 0.717) is 29.3 Å². The van der Waals surface area contributed by atoms with Crippen molar-refractivity contribution in [2.45, 2.75) is 33.2 Å². The van der Waals surface area contributed by atoms with Gasteiger partial charge in [-0.25, -0.2) is 10.4 Å². The molecule has 128 valence electrons. The maximum absolute atomic E-state index is 12.5. The van der Waals surface area contributed by atoms with Crippen LogP contribution in [0.5, 0.6) is 0 Å². The summed E-state index contributed by atoms with van der Waals surface area (Å²) in [5.41, 5.74) is 5.79. The molecule has 0 spiro atoms. The number of aromatic nitrogens is 2. The van der Waals surface area contributed by atoms with Crippen molar-refractivity contribution in [2.75, 3.05) is 5.43 Å². The summed E-state index contributed by atoms with van der Waals surface area (Å²) >= 11 is 0. The molecule has 2 aromatic carbocycles. The van der Waals surface area contributed by atoms with E-state index >= 15 is 0 Å². The molecular weight excluding hydrogens is 312 g/mol. The topological polar surface area (TPSA) is 59.3 Å². The third-order valence-corrected chi connectivity index (χ3v) is 4.16. The standard InChI is InChI=1S/C20H22N4O/c1-4-24-19(25)17-7-5-6-8-18(17)22-20(24)23-21-13-15-9-11-16(12-10-15)14(2)3/h5-14H,4H2,1-3H3,(H,22,23)/b21-13-. The van der Waals surface area contributed by atoms with Crippen LogP contribution in [0.25, 0.3) is 10.9 Å². The Balaban J connectivity index is 1.86. The van der Waals surface area contributed by atoms with Gasteiger partial charge in [-0.3, -0.25) is 9.36 Å². The zero-order valence-corrected chi connectivity index (χ0v) is 14.7. The Bertz CT molecular complexity index is 956. The minimum absolute atomic E-state index is 0.0629. The van der Waals surface area contributed by atoms with Crippen LogP contribution < -0.4 is 11.0 Å². The van der Waals surface area contributed by atoms with E-state index in [1.165, 1.54) is 5.56 Å². The quantitative estimate of drug-likeness (QED) is 0.567. The Morgan fingerprint density at radius 1 is 1.16 bits per heavy atom. The fourth-order valence-corrected chi connectivity index (χ4v) is 2.68. The van der Waals surface area contributed by atoms with Gasteiger partial charge in [-0.05, 0) is 36.1 Å². The lowest BCUT2D eigenvalue weighted by Crippen LogP contribution is -2.23. The lowest BCUT2D eigenvalue weighted by atomic mass is 10.0. The molecule has 0 radical (unpaired) electrons. The van der Waals surface area contributed by atoms with Crippen LogP contribution in [0, 0.1) is 0 Å². The van der Waals surface area contributed by atoms with Gasteiger partial charge in [0.2, 0.25) is 5.95 Å². The van der Waals surface area contributed by atoms with E-state index in [2.05, 4.69) is 41.5 Å². The van der Waals surface area contributed by atoms with Crippen LogP contribution in [0.15, 0.2) is 58.4 Å². The van der Waals surface area contributed by atoms with E-state index in [1.54, 1.807) is 16.8 Å². The van der Waals surface area contributed by atoms with Gasteiger partial charge < -0.3 is 0 Å². The lowest BCUT2D eigenvalue weighted by molar-refractivity contribution is 0.724. The highest BCUT2D eigenvalue weighted by molar-refractivity contribution is 5.81. The van der Waals surface area contributed by atoms with Crippen molar-refractivity contribution in [3.8, 4) is 0 Å². The second-order valence-electron chi connectivity index (χ2n) is 6.19. The smallest absolute Gasteiger partial charge is 0.262 e. The second kappa shape index (κ2) is 7.30. The molecule has 3 aromatic rings. The van der Waals surface area contributed by atoms with Gasteiger partial charge in [0, 0.05) is 6.54 Å². The number of nitrogens with zero attached hydrogens (tertiary/aromatic N) is 3. The van der Waals surface area contributed by atoms with Crippen LogP contribution in [0.2, 0.25) is 0 Å². The summed E-state index contributed by atoms with van der Waals surface area (Å²) in [6.45, 7) is 6.77. The molecule has 0 unspecified atom stereocenters. The predicted octanol–water partition coefficient (Wildman–Crippen LogP) is 3.99. The average molecular weight is 334 g/mol. The zero-order chi connectivity index (χ0) is 17.8. The molecule has 5 nitrogen and oxygen atoms in total. The second-order valence-corrected chi connectivity index (χ2v) is 6.19. The third kappa shape index (κ3) is 3.60. The monoisotopic (exact) mass is 334 g/mol. The Labute approximate surface area is 147 Å². The molecule has 5 heteroatoms. The highest BCUT2D eigenvalue weighted by Gasteiger charge is 2.08. The molecule has 3 rings (SSSR count). The van der Waals surface area contributed by atoms with E-state index in [9.17, 15) is 4.79 Å². The van der Waals surface area contributed by atoms with Crippen molar-refractivity contribution in [1.29, 1.82) is 0 Å². The summed E-state index contributed by atoms with van der Waals surface area (Å²) in [6, 6.07) is 15.6. The van der Waals surface area contributed by atoms with Crippen molar-refractivity contribution in [3.05, 3.63) is 70.0 Å². The summed E-state index contributed by atoms with van der Waals surface area (Å²) < 4.78 is 1.58. The molecule has 1 N–H and O–H groups in total. The Kier molecular flexibility index (Phi) is 4.93. The Hall–Kier alpha value is -2.95. The summed E-state index contributed by atoms with van der Waals surface area (Å²) in [4.78, 5) is 17.1. The highest BCUT2D eigenvalue weighted by Crippen LogP contribution is 2.14. The summed E-state index contributed by atoms with van der Waals surface area (Å²) in [5.74, 6) is 0.950. The molecule has 0 aliphatic rings. The van der Waals surface area contributed by atoms with Gasteiger partial charge in [0.05, 0.1) is 17.1 Å². The van der Waals surface area contributed by atoms with Gasteiger partial charge in [0.1, 0.15) is 0 Å². The SMILES string of the molecule is CCn1c(N/N=C\c2ccc(C(C)C)cc2)nc2ccccc2c1=O. The largest absolute Gasteiger partial charge is 0.277 e. The van der Waals surface area contributed by atoms with Crippen LogP contribution in [0.4, 0.5) is 5.95 Å². The Morgan fingerprint density at radius 2 is 1.88 bits per heavy atom. The number of rotatable bonds is 5. The molecule has 0 saturated carbocycles. The van der Waals surface area contributed by atoms with E-state index in [4.69, 9.17) is 0 Å². The highest BCUT2D eigenvalue weighted by atomic mass is 16.1. The third-order valence-electron chi connectivity index (χ3n) is 4.16. The van der Waals surface area contributed by atoms with Gasteiger partial charge in [-0.2, -0.15) is 5.10 Å². The molecule has 0 bridgehead atoms. The minimum Gasteiger partial charge on any atom is -0.277 e. The van der Waals surface area contributed by atoms with Crippen molar-refractivity contribution < 1.29 is 0 Å². The first-order valence-corrected chi connectivity index (χ1v) is 8.48. The number of nitrogens with one attached hydrogen (secondary N) is 1. The first-order valence-electron chi connectivity index (χ1n) is 8.48. The van der Waals surface area contributed by atoms with Gasteiger partial charge in [0.25, 0.3) is 5.56 Å². The van der Waals surface area contributed by atoms with E-state index in [0.717, 1.165) is 5.56 Å². The van der Waals surface area contributed by atoms with Gasteiger partial charge >= 0.3 is 0 Å². The Morgan fingerprint density at radius 3 is 2.56 bits per heavy atom. The maximum atomic E-state index is 12.5. The predicted molar refractivity (Wildman–Crippen MR) is 103 cm³/mol. The van der Waals surface area contributed by atoms with Crippen molar-refractivity contribution in [1.82, 2.24) is 9.55 Å². The number of benzene rings is 2. The van der Waals surface area contributed by atoms with E-state index in [-0.39, 0.29) is 5.56 Å². The molecule has 0 atom stereocenters. The van der Waals surface area contributed by atoms with Crippen molar-refractivity contribution in [2.24, 2.45) is 5.10 Å². The van der Waals surface area contributed by atoms with E-state index in [1.807, 2.05) is 37.3 Å². The number of fused-ring (bicyclic) bond motifs is 1. The maximum Gasteiger partial charge on any atom is 0.262 e. The molecule has 0 aliphatic carbocycles.